The fourth-order valence-electron chi connectivity index (χ4n) is 2.45. The quantitative estimate of drug-likeness (QED) is 0.493. The smallest absolute Gasteiger partial charge is 0.309 e. The first-order valence-corrected chi connectivity index (χ1v) is 9.05. The molecule has 0 unspecified atom stereocenters. The normalized spacial score (nSPS) is 10.9. The van der Waals surface area contributed by atoms with Crippen LogP contribution in [0.15, 0.2) is 12.4 Å². The molecule has 2 aromatic rings. The van der Waals surface area contributed by atoms with Crippen LogP contribution in [-0.2, 0) is 17.9 Å². The van der Waals surface area contributed by atoms with Crippen LogP contribution in [0.4, 0.5) is 11.4 Å². The second-order valence-electron chi connectivity index (χ2n) is 6.77. The van der Waals surface area contributed by atoms with Crippen LogP contribution in [0.25, 0.3) is 0 Å². The summed E-state index contributed by atoms with van der Waals surface area (Å²) in [5.74, 6) is -0.407. The van der Waals surface area contributed by atoms with Gasteiger partial charge in [-0.3, -0.25) is 29.1 Å². The Hall–Kier alpha value is -3.24. The van der Waals surface area contributed by atoms with Crippen molar-refractivity contribution in [3.05, 3.63) is 33.9 Å². The Balaban J connectivity index is 2.02. The van der Waals surface area contributed by atoms with Crippen LogP contribution in [0.1, 0.15) is 43.4 Å². The molecule has 11 heteroatoms. The maximum Gasteiger partial charge on any atom is 0.309 e. The van der Waals surface area contributed by atoms with Crippen LogP contribution in [0.3, 0.4) is 0 Å². The largest absolute Gasteiger partial charge is 0.350 e. The number of nitrogens with one attached hydrogen (secondary N) is 2. The zero-order chi connectivity index (χ0) is 20.8. The van der Waals surface area contributed by atoms with Gasteiger partial charge in [0.05, 0.1) is 10.6 Å². The molecule has 0 spiro atoms. The van der Waals surface area contributed by atoms with Gasteiger partial charge in [-0.05, 0) is 19.8 Å². The minimum atomic E-state index is -0.514. The van der Waals surface area contributed by atoms with Crippen molar-refractivity contribution in [3.63, 3.8) is 0 Å². The lowest BCUT2D eigenvalue weighted by Crippen LogP contribution is -2.29. The van der Waals surface area contributed by atoms with Gasteiger partial charge in [0.15, 0.2) is 5.69 Å². The van der Waals surface area contributed by atoms with Crippen molar-refractivity contribution in [3.8, 4) is 0 Å². The number of carbonyl (C=O) groups excluding carboxylic acids is 2. The number of carbonyl (C=O) groups is 2. The first-order valence-electron chi connectivity index (χ1n) is 9.05. The van der Waals surface area contributed by atoms with Gasteiger partial charge in [-0.2, -0.15) is 10.2 Å². The average molecular weight is 391 g/mol. The minimum absolute atomic E-state index is 0.0443. The molecule has 0 bridgehead atoms. The molecule has 152 valence electrons. The highest BCUT2D eigenvalue weighted by molar-refractivity contribution is 6.02. The van der Waals surface area contributed by atoms with Gasteiger partial charge in [-0.25, -0.2) is 0 Å². The summed E-state index contributed by atoms with van der Waals surface area (Å²) >= 11 is 0. The minimum Gasteiger partial charge on any atom is -0.350 e. The molecule has 28 heavy (non-hydrogen) atoms. The third-order valence-electron chi connectivity index (χ3n) is 3.93. The molecule has 2 aromatic heterocycles. The molecule has 0 aromatic carbocycles. The van der Waals surface area contributed by atoms with Crippen molar-refractivity contribution in [2.75, 3.05) is 11.9 Å². The molecule has 2 amide bonds. The summed E-state index contributed by atoms with van der Waals surface area (Å²) in [6.07, 6.45) is 2.94. The fourth-order valence-corrected chi connectivity index (χ4v) is 2.45. The maximum atomic E-state index is 12.3. The zero-order valence-corrected chi connectivity index (χ0v) is 16.4. The molecule has 2 rings (SSSR count). The van der Waals surface area contributed by atoms with Gasteiger partial charge in [0.1, 0.15) is 11.9 Å². The van der Waals surface area contributed by atoms with Crippen molar-refractivity contribution in [2.24, 2.45) is 5.92 Å². The lowest BCUT2D eigenvalue weighted by Gasteiger charge is -2.08. The van der Waals surface area contributed by atoms with E-state index in [0.29, 0.717) is 24.5 Å². The Morgan fingerprint density at radius 3 is 2.54 bits per heavy atom. The number of nitro groups is 1. The SMILES string of the molecule is CCn1cc(NC(=O)CCn2cc([N+](=O)[O-])c(C)n2)c(C(=O)NCC(C)C)n1. The number of rotatable bonds is 9. The van der Waals surface area contributed by atoms with Gasteiger partial charge in [-0.1, -0.05) is 13.8 Å². The Bertz CT molecular complexity index is 869. The van der Waals surface area contributed by atoms with Crippen LogP contribution in [0, 0.1) is 23.0 Å². The average Bonchev–Trinajstić information content (AvgIpc) is 3.21. The zero-order valence-electron chi connectivity index (χ0n) is 16.4. The van der Waals surface area contributed by atoms with Gasteiger partial charge in [0.2, 0.25) is 5.91 Å². The van der Waals surface area contributed by atoms with Gasteiger partial charge >= 0.3 is 5.69 Å². The topological polar surface area (TPSA) is 137 Å². The van der Waals surface area contributed by atoms with E-state index in [-0.39, 0.29) is 42.1 Å². The van der Waals surface area contributed by atoms with E-state index >= 15 is 0 Å². The fraction of sp³-hybridized carbons (Fsp3) is 0.529. The summed E-state index contributed by atoms with van der Waals surface area (Å²) < 4.78 is 2.93. The molecular formula is C17H25N7O4. The standard InChI is InChI=1S/C17H25N7O4/c1-5-22-9-13(16(21-22)17(26)18-8-11(2)3)19-15(25)6-7-23-10-14(24(27)28)12(4)20-23/h9-11H,5-8H2,1-4H3,(H,18,26)(H,19,25). The molecule has 0 aliphatic heterocycles. The van der Waals surface area contributed by atoms with Gasteiger partial charge in [0, 0.05) is 32.3 Å². The Kier molecular flexibility index (Phi) is 6.85. The number of aromatic nitrogens is 4. The number of hydrogen-bond donors (Lipinski definition) is 2. The molecule has 2 N–H and O–H groups in total. The molecule has 0 aliphatic carbocycles. The summed E-state index contributed by atoms with van der Waals surface area (Å²) in [7, 11) is 0. The van der Waals surface area contributed by atoms with Crippen LogP contribution in [0.5, 0.6) is 0 Å². The van der Waals surface area contributed by atoms with Gasteiger partial charge in [0.25, 0.3) is 5.91 Å². The summed E-state index contributed by atoms with van der Waals surface area (Å²) in [4.78, 5) is 35.0. The van der Waals surface area contributed by atoms with Gasteiger partial charge in [-0.15, -0.1) is 0 Å². The number of aryl methyl sites for hydroxylation is 3. The molecule has 11 nitrogen and oxygen atoms in total. The van der Waals surface area contributed by atoms with Crippen LogP contribution < -0.4 is 10.6 Å². The van der Waals surface area contributed by atoms with E-state index in [4.69, 9.17) is 0 Å². The van der Waals surface area contributed by atoms with Crippen molar-refractivity contribution >= 4 is 23.2 Å². The highest BCUT2D eigenvalue weighted by Gasteiger charge is 2.19. The molecule has 0 saturated heterocycles. The van der Waals surface area contributed by atoms with E-state index in [0.717, 1.165) is 0 Å². The summed E-state index contributed by atoms with van der Waals surface area (Å²) in [6, 6.07) is 0. The molecule has 0 radical (unpaired) electrons. The predicted octanol–water partition coefficient (Wildman–Crippen LogP) is 1.73. The highest BCUT2D eigenvalue weighted by atomic mass is 16.6. The van der Waals surface area contributed by atoms with Crippen LogP contribution in [-0.4, -0.2) is 42.8 Å². The molecular weight excluding hydrogens is 366 g/mol. The molecule has 0 aliphatic rings. The van der Waals surface area contributed by atoms with E-state index in [1.807, 2.05) is 20.8 Å². The Morgan fingerprint density at radius 1 is 1.25 bits per heavy atom. The second kappa shape index (κ2) is 9.11. The number of nitrogens with zero attached hydrogens (tertiary/aromatic N) is 5. The summed E-state index contributed by atoms with van der Waals surface area (Å²) in [5.41, 5.74) is 0.685. The number of hydrogen-bond acceptors (Lipinski definition) is 6. The molecule has 0 atom stereocenters. The molecule has 2 heterocycles. The first-order chi connectivity index (χ1) is 13.2. The van der Waals surface area contributed by atoms with Crippen molar-refractivity contribution in [1.29, 1.82) is 0 Å². The number of anilines is 1. The van der Waals surface area contributed by atoms with Crippen molar-refractivity contribution < 1.29 is 14.5 Å². The van der Waals surface area contributed by atoms with E-state index < -0.39 is 4.92 Å². The van der Waals surface area contributed by atoms with Crippen LogP contribution in [0.2, 0.25) is 0 Å². The predicted molar refractivity (Wildman–Crippen MR) is 102 cm³/mol. The van der Waals surface area contributed by atoms with E-state index in [1.165, 1.54) is 17.8 Å². The van der Waals surface area contributed by atoms with E-state index in [2.05, 4.69) is 20.8 Å². The van der Waals surface area contributed by atoms with E-state index in [9.17, 15) is 19.7 Å². The summed E-state index contributed by atoms with van der Waals surface area (Å²) in [5, 5.41) is 24.6. The maximum absolute atomic E-state index is 12.3. The third-order valence-corrected chi connectivity index (χ3v) is 3.93. The third kappa shape index (κ3) is 5.38. The summed E-state index contributed by atoms with van der Waals surface area (Å²) in [6.45, 7) is 8.61. The molecule has 0 fully saturated rings. The van der Waals surface area contributed by atoms with Crippen molar-refractivity contribution in [2.45, 2.75) is 47.2 Å². The molecule has 0 saturated carbocycles. The van der Waals surface area contributed by atoms with Crippen LogP contribution >= 0.6 is 0 Å². The lowest BCUT2D eigenvalue weighted by atomic mass is 10.2. The lowest BCUT2D eigenvalue weighted by molar-refractivity contribution is -0.385. The second-order valence-corrected chi connectivity index (χ2v) is 6.77. The first kappa shape index (κ1) is 21.1. The highest BCUT2D eigenvalue weighted by Crippen LogP contribution is 2.17. The van der Waals surface area contributed by atoms with Crippen molar-refractivity contribution in [1.82, 2.24) is 24.9 Å². The number of amides is 2. The van der Waals surface area contributed by atoms with E-state index in [1.54, 1.807) is 10.9 Å². The Morgan fingerprint density at radius 2 is 1.96 bits per heavy atom. The monoisotopic (exact) mass is 391 g/mol. The van der Waals surface area contributed by atoms with Gasteiger partial charge < -0.3 is 10.6 Å². The Labute approximate surface area is 162 Å².